The van der Waals surface area contributed by atoms with Crippen molar-refractivity contribution >= 4 is 38.1 Å². The Labute approximate surface area is 87.9 Å². The maximum atomic E-state index is 9.35. The molecule has 0 heterocycles. The first-order valence-electron chi connectivity index (χ1n) is 4.80. The lowest BCUT2D eigenvalue weighted by Crippen LogP contribution is -2.22. The van der Waals surface area contributed by atoms with Crippen LogP contribution in [0.4, 0.5) is 0 Å². The molecule has 8 heteroatoms. The van der Waals surface area contributed by atoms with Gasteiger partial charge < -0.3 is 17.8 Å². The van der Waals surface area contributed by atoms with E-state index in [0.717, 1.165) is 18.5 Å². The van der Waals surface area contributed by atoms with Crippen molar-refractivity contribution in [3.05, 3.63) is 0 Å². The van der Waals surface area contributed by atoms with Crippen molar-refractivity contribution in [3.63, 3.8) is 0 Å². The van der Waals surface area contributed by atoms with Gasteiger partial charge in [-0.1, -0.05) is 13.1 Å². The van der Waals surface area contributed by atoms with Crippen LogP contribution in [0, 0.1) is 0 Å². The third-order valence-corrected chi connectivity index (χ3v) is 9.17. The zero-order chi connectivity index (χ0) is 10.1. The third-order valence-electron chi connectivity index (χ3n) is 1.62. The molecule has 2 atom stereocenters. The van der Waals surface area contributed by atoms with Gasteiger partial charge in [0.05, 0.1) is 0 Å². The Morgan fingerprint density at radius 3 is 1.69 bits per heavy atom. The van der Waals surface area contributed by atoms with Gasteiger partial charge >= 0.3 is 18.6 Å². The Hall–Kier alpha value is 0.708. The molecule has 0 bridgehead atoms. The first-order valence-corrected chi connectivity index (χ1v) is 12.4. The lowest BCUT2D eigenvalue weighted by molar-refractivity contribution is 0.416. The van der Waals surface area contributed by atoms with Crippen molar-refractivity contribution in [1.29, 1.82) is 0 Å². The fraction of sp³-hybridized carbons (Fsp3) is 1.00. The highest BCUT2D eigenvalue weighted by Gasteiger charge is 2.10. The van der Waals surface area contributed by atoms with E-state index < -0.39 is 38.1 Å². The average molecular weight is 257 g/mol. The molecule has 2 N–H and O–H groups in total. The van der Waals surface area contributed by atoms with E-state index in [1.807, 2.05) is 13.1 Å². The van der Waals surface area contributed by atoms with Crippen LogP contribution < -0.4 is 0 Å². The van der Waals surface area contributed by atoms with Gasteiger partial charge in [-0.3, -0.25) is 0 Å². The van der Waals surface area contributed by atoms with Gasteiger partial charge in [-0.05, 0) is 18.5 Å². The van der Waals surface area contributed by atoms with Gasteiger partial charge in [0.2, 0.25) is 0 Å². The topological polar surface area (TPSA) is 58.9 Å². The van der Waals surface area contributed by atoms with E-state index in [9.17, 15) is 9.59 Å². The summed E-state index contributed by atoms with van der Waals surface area (Å²) in [5.41, 5.74) is 0. The summed E-state index contributed by atoms with van der Waals surface area (Å²) in [6.45, 7) is 4.04. The van der Waals surface area contributed by atoms with Crippen LogP contribution >= 0.6 is 0 Å². The largest absolute Gasteiger partial charge is 0.444 e. The molecule has 0 fully saturated rings. The molecule has 0 aliphatic heterocycles. The van der Waals surface area contributed by atoms with Crippen molar-refractivity contribution in [2.45, 2.75) is 31.6 Å². The van der Waals surface area contributed by atoms with Crippen molar-refractivity contribution in [3.8, 4) is 0 Å². The quantitative estimate of drug-likeness (QED) is 0.498. The molecule has 13 heavy (non-hydrogen) atoms. The summed E-state index contributed by atoms with van der Waals surface area (Å²) in [5, 5.41) is 0. The van der Waals surface area contributed by atoms with Crippen LogP contribution in [0.1, 0.15) is 6.42 Å². The van der Waals surface area contributed by atoms with Gasteiger partial charge in [0.1, 0.15) is 19.5 Å². The number of rotatable bonds is 8. The van der Waals surface area contributed by atoms with Crippen LogP contribution in [0.15, 0.2) is 0 Å². The van der Waals surface area contributed by atoms with E-state index in [1.54, 1.807) is 0 Å². The highest BCUT2D eigenvalue weighted by atomic mass is 28.4. The summed E-state index contributed by atoms with van der Waals surface area (Å²) in [6, 6.07) is 1.53. The van der Waals surface area contributed by atoms with Gasteiger partial charge in [0.15, 0.2) is 0 Å². The second kappa shape index (κ2) is 9.27. The summed E-state index contributed by atoms with van der Waals surface area (Å²) in [7, 11) is -4.61. The van der Waals surface area contributed by atoms with E-state index in [4.69, 9.17) is 8.23 Å². The lowest BCUT2D eigenvalue weighted by atomic mass is 10.6. The normalized spacial score (nSPS) is 17.5. The van der Waals surface area contributed by atoms with Crippen molar-refractivity contribution in [2.75, 3.05) is 0 Å². The minimum absolute atomic E-state index is 0.454. The third kappa shape index (κ3) is 9.02. The van der Waals surface area contributed by atoms with Gasteiger partial charge in [-0.25, -0.2) is 0 Å². The van der Waals surface area contributed by atoms with E-state index in [0.29, 0.717) is 0 Å². The molecule has 0 aliphatic rings. The molecular weight excluding hydrogens is 236 g/mol. The molecule has 0 aromatic carbocycles. The molecule has 0 saturated carbocycles. The van der Waals surface area contributed by atoms with Crippen LogP contribution in [-0.4, -0.2) is 47.7 Å². The molecule has 0 radical (unpaired) electrons. The number of hydrogen-bond donors (Lipinski definition) is 2. The zero-order valence-electron chi connectivity index (χ0n) is 8.40. The van der Waals surface area contributed by atoms with Crippen molar-refractivity contribution in [2.24, 2.45) is 0 Å². The first kappa shape index (κ1) is 13.7. The Morgan fingerprint density at radius 2 is 1.38 bits per heavy atom. The molecule has 0 saturated heterocycles. The van der Waals surface area contributed by atoms with Crippen molar-refractivity contribution in [1.82, 2.24) is 0 Å². The second-order valence-electron chi connectivity index (χ2n) is 2.75. The summed E-state index contributed by atoms with van der Waals surface area (Å²) < 4.78 is 10.4. The Morgan fingerprint density at radius 1 is 1.00 bits per heavy atom. The predicted octanol–water partition coefficient (Wildman–Crippen LogP) is -1.90. The fourth-order valence-corrected chi connectivity index (χ4v) is 7.07. The SMILES string of the molecule is C[SiH2]O[SiH](O)CCC[SiH](O)O[SiH2]C. The summed E-state index contributed by atoms with van der Waals surface area (Å²) >= 11 is 0. The molecule has 0 aromatic heterocycles. The highest BCUT2D eigenvalue weighted by Crippen LogP contribution is 2.03. The van der Waals surface area contributed by atoms with Crippen molar-refractivity contribution < 1.29 is 17.8 Å². The lowest BCUT2D eigenvalue weighted by Gasteiger charge is -2.10. The predicted molar refractivity (Wildman–Crippen MR) is 64.0 cm³/mol. The molecular formula is C5H20O4Si4. The van der Waals surface area contributed by atoms with Crippen LogP contribution in [0.2, 0.25) is 25.2 Å². The number of hydrogen-bond acceptors (Lipinski definition) is 4. The first-order chi connectivity index (χ1) is 6.20. The molecule has 0 aliphatic carbocycles. The minimum atomic E-state index is -1.85. The smallest absolute Gasteiger partial charge is 0.308 e. The fourth-order valence-electron chi connectivity index (χ4n) is 1.02. The van der Waals surface area contributed by atoms with Crippen LogP contribution in [0.3, 0.4) is 0 Å². The van der Waals surface area contributed by atoms with Gasteiger partial charge in [-0.15, -0.1) is 0 Å². The van der Waals surface area contributed by atoms with Crippen LogP contribution in [0.5, 0.6) is 0 Å². The van der Waals surface area contributed by atoms with Gasteiger partial charge in [-0.2, -0.15) is 0 Å². The molecule has 80 valence electrons. The molecule has 0 spiro atoms. The van der Waals surface area contributed by atoms with E-state index in [1.165, 1.54) is 0 Å². The summed E-state index contributed by atoms with van der Waals surface area (Å²) in [6.07, 6.45) is 0.865. The highest BCUT2D eigenvalue weighted by molar-refractivity contribution is 6.53. The molecule has 2 unspecified atom stereocenters. The Bertz CT molecular complexity index is 105. The van der Waals surface area contributed by atoms with E-state index in [2.05, 4.69) is 0 Å². The zero-order valence-corrected chi connectivity index (χ0v) is 13.5. The monoisotopic (exact) mass is 256 g/mol. The average Bonchev–Trinajstić information content (AvgIpc) is 2.05. The Balaban J connectivity index is 3.23. The second-order valence-corrected chi connectivity index (χ2v) is 9.55. The maximum absolute atomic E-state index is 9.35. The molecule has 0 amide bonds. The van der Waals surface area contributed by atoms with Gasteiger partial charge in [0, 0.05) is 0 Å². The minimum Gasteiger partial charge on any atom is -0.444 e. The molecule has 4 nitrogen and oxygen atoms in total. The van der Waals surface area contributed by atoms with Crippen LogP contribution in [0.25, 0.3) is 0 Å². The molecule has 0 aromatic rings. The van der Waals surface area contributed by atoms with E-state index in [-0.39, 0.29) is 0 Å². The summed E-state index contributed by atoms with van der Waals surface area (Å²) in [4.78, 5) is 18.7. The van der Waals surface area contributed by atoms with E-state index >= 15 is 0 Å². The Kier molecular flexibility index (Phi) is 9.77. The van der Waals surface area contributed by atoms with Crippen LogP contribution in [-0.2, 0) is 8.23 Å². The summed E-state index contributed by atoms with van der Waals surface area (Å²) in [5.74, 6) is 0. The van der Waals surface area contributed by atoms with Gasteiger partial charge in [0.25, 0.3) is 0 Å². The maximum Gasteiger partial charge on any atom is 0.308 e. The molecule has 0 rings (SSSR count). The standard InChI is InChI=1S/C5H20O4Si4/c1-10-8-12(6)4-3-5-13(7)9-11-2/h6-7,12-13H,3-5,10-11H2,1-2H3.